The van der Waals surface area contributed by atoms with Crippen molar-refractivity contribution in [3.8, 4) is 0 Å². The quantitative estimate of drug-likeness (QED) is 0.110. The number of aliphatic hydroxyl groups is 1. The van der Waals surface area contributed by atoms with E-state index in [-0.39, 0.29) is 62.2 Å². The zero-order valence-electron chi connectivity index (χ0n) is 57.9. The van der Waals surface area contributed by atoms with Crippen LogP contribution < -0.4 is 21.3 Å². The lowest BCUT2D eigenvalue weighted by Crippen LogP contribution is -2.71. The molecule has 1 fully saturated rings. The third kappa shape index (κ3) is 20.3. The second kappa shape index (κ2) is 35.1. The molecule has 0 unspecified atom stereocenters. The number of Topliss-reactive ketones (excluding diaryl/α,β-unsaturated/α-hetero) is 1. The number of carbonyl (C=O) groups is 12. The summed E-state index contributed by atoms with van der Waals surface area (Å²) in [5, 5.41) is 23.1. The first-order valence-corrected chi connectivity index (χ1v) is 31.4. The van der Waals surface area contributed by atoms with Crippen LogP contribution in [0.5, 0.6) is 0 Å². The van der Waals surface area contributed by atoms with Gasteiger partial charge in [-0.2, -0.15) is 0 Å². The molecular weight excluding hydrogens is 1130 g/mol. The third-order valence-corrected chi connectivity index (χ3v) is 17.0. The van der Waals surface area contributed by atoms with Crippen LogP contribution in [0.25, 0.3) is 0 Å². The molecule has 88 heavy (non-hydrogen) atoms. The Bertz CT molecular complexity index is 2480. The predicted octanol–water partition coefficient (Wildman–Crippen LogP) is 3.23. The Balaban J connectivity index is 4.48. The summed E-state index contributed by atoms with van der Waals surface area (Å²) in [4.78, 5) is 184. The lowest BCUT2D eigenvalue weighted by Gasteiger charge is -2.47. The van der Waals surface area contributed by atoms with Crippen molar-refractivity contribution < 1.29 is 62.6 Å². The van der Waals surface area contributed by atoms with Crippen LogP contribution >= 0.6 is 0 Å². The van der Waals surface area contributed by atoms with Crippen LogP contribution in [0, 0.1) is 41.4 Å². The van der Waals surface area contributed by atoms with Crippen molar-refractivity contribution >= 4 is 70.8 Å². The molecule has 1 aliphatic rings. The molecule has 12 atom stereocenters. The molecule has 5 N–H and O–H groups in total. The normalized spacial score (nSPS) is 27.2. The van der Waals surface area contributed by atoms with Crippen LogP contribution in [-0.2, 0) is 57.5 Å². The molecule has 24 heteroatoms. The summed E-state index contributed by atoms with van der Waals surface area (Å²) in [5.74, 6) is -12.2. The number of allylic oxidation sites excluding steroid dienone is 2. The highest BCUT2D eigenvalue weighted by Gasteiger charge is 2.57. The zero-order chi connectivity index (χ0) is 68.5. The van der Waals surface area contributed by atoms with Crippen LogP contribution in [0.2, 0.25) is 0 Å². The van der Waals surface area contributed by atoms with Gasteiger partial charge in [0.1, 0.15) is 54.4 Å². The minimum Gasteiger partial charge on any atom is -0.390 e. The van der Waals surface area contributed by atoms with Gasteiger partial charge in [0.15, 0.2) is 11.3 Å². The Hall–Kier alpha value is -6.46. The van der Waals surface area contributed by atoms with Crippen molar-refractivity contribution in [1.82, 2.24) is 55.6 Å². The summed E-state index contributed by atoms with van der Waals surface area (Å²) >= 11 is 0. The number of aliphatic hydroxyl groups excluding tert-OH is 1. The van der Waals surface area contributed by atoms with Gasteiger partial charge in [-0.05, 0) is 108 Å². The second-order valence-corrected chi connectivity index (χ2v) is 26.8. The predicted molar refractivity (Wildman–Crippen MR) is 338 cm³/mol. The van der Waals surface area contributed by atoms with Gasteiger partial charge < -0.3 is 60.7 Å². The van der Waals surface area contributed by atoms with E-state index in [0.717, 1.165) is 21.6 Å². The van der Waals surface area contributed by atoms with Crippen molar-refractivity contribution in [2.24, 2.45) is 41.4 Å². The number of carbonyl (C=O) groups excluding carboxylic acids is 12. The summed E-state index contributed by atoms with van der Waals surface area (Å²) in [6.07, 6.45) is 2.47. The molecular formula is C64H113N11O13. The smallest absolute Gasteiger partial charge is 0.257 e. The number of amides is 11. The van der Waals surface area contributed by atoms with E-state index in [2.05, 4.69) is 21.3 Å². The monoisotopic (exact) mass is 1240 g/mol. The molecule has 1 heterocycles. The first kappa shape index (κ1) is 79.6. The van der Waals surface area contributed by atoms with Crippen LogP contribution in [0.4, 0.5) is 0 Å². The van der Waals surface area contributed by atoms with E-state index in [1.165, 1.54) is 82.8 Å². The van der Waals surface area contributed by atoms with Gasteiger partial charge in [0.2, 0.25) is 59.1 Å². The number of ketones is 1. The van der Waals surface area contributed by atoms with Gasteiger partial charge in [-0.15, -0.1) is 0 Å². The number of nitrogens with zero attached hydrogens (tertiary/aromatic N) is 7. The average Bonchev–Trinajstić information content (AvgIpc) is 0.845. The molecule has 0 aromatic heterocycles. The Labute approximate surface area is 525 Å². The number of hydrogen-bond acceptors (Lipinski definition) is 13. The molecule has 0 bridgehead atoms. The van der Waals surface area contributed by atoms with Crippen LogP contribution in [0.1, 0.15) is 163 Å². The topological polar surface area (TPSA) is 296 Å². The summed E-state index contributed by atoms with van der Waals surface area (Å²) < 4.78 is 0. The van der Waals surface area contributed by atoms with E-state index in [4.69, 9.17) is 0 Å². The van der Waals surface area contributed by atoms with E-state index < -0.39 is 161 Å². The molecule has 0 saturated carbocycles. The molecule has 0 aromatic carbocycles. The minimum absolute atomic E-state index is 0.0203. The summed E-state index contributed by atoms with van der Waals surface area (Å²) in [6.45, 7) is 29.7. The van der Waals surface area contributed by atoms with Crippen LogP contribution in [-0.4, -0.2) is 232 Å². The van der Waals surface area contributed by atoms with E-state index in [9.17, 15) is 48.3 Å². The van der Waals surface area contributed by atoms with Gasteiger partial charge in [-0.3, -0.25) is 57.5 Å². The zero-order valence-corrected chi connectivity index (χ0v) is 57.9. The first-order chi connectivity index (χ1) is 40.5. The largest absolute Gasteiger partial charge is 0.390 e. The summed E-state index contributed by atoms with van der Waals surface area (Å²) in [7, 11) is 9.46. The van der Waals surface area contributed by atoms with Gasteiger partial charge in [0.05, 0.1) is 12.6 Å². The van der Waals surface area contributed by atoms with Crippen molar-refractivity contribution in [2.75, 3.05) is 55.9 Å². The van der Waals surface area contributed by atoms with Crippen molar-refractivity contribution in [3.63, 3.8) is 0 Å². The Kier molecular flexibility index (Phi) is 31.7. The minimum atomic E-state index is -2.38. The number of nitrogens with one attached hydrogen (secondary N) is 4. The van der Waals surface area contributed by atoms with Gasteiger partial charge in [-0.25, -0.2) is 0 Å². The molecule has 0 spiro atoms. The Morgan fingerprint density at radius 2 is 0.977 bits per heavy atom. The molecule has 1 rings (SSSR count). The highest BCUT2D eigenvalue weighted by molar-refractivity contribution is 6.13. The number of likely N-dealkylation sites (N-methyl/N-ethyl adjacent to an activating group) is 7. The van der Waals surface area contributed by atoms with Crippen molar-refractivity contribution in [2.45, 2.75) is 229 Å². The fourth-order valence-corrected chi connectivity index (χ4v) is 11.4. The van der Waals surface area contributed by atoms with Gasteiger partial charge in [-0.1, -0.05) is 109 Å². The van der Waals surface area contributed by atoms with E-state index >= 15 is 14.4 Å². The van der Waals surface area contributed by atoms with Crippen molar-refractivity contribution in [1.29, 1.82) is 0 Å². The molecule has 11 amide bonds. The molecule has 1 aliphatic heterocycles. The average molecular weight is 1240 g/mol. The molecule has 0 aliphatic carbocycles. The maximum absolute atomic E-state index is 15.7. The third-order valence-electron chi connectivity index (χ3n) is 17.0. The molecule has 0 radical (unpaired) electrons. The first-order valence-electron chi connectivity index (χ1n) is 31.4. The fraction of sp³-hybridized carbons (Fsp3) is 0.781. The standard InChI is InChI=1S/C64H113N11O13/c1-26-28-29-41(15)53(78)52-57(82)67-45(27-2)59(84)69(19)34-50(77)70(20)46(30-35(3)4)56(81)68-51(39(11)12)62(87)71(21)47(31-36(5)6)55(80)65-42(16)54(79)66-43(17)58(83)72(22)48(32-37(7)8)60(85)73(23)49(33-38(9)10)61(86)75(25)64(40(13)14,44(18)76)63(88)74(52)24/h26,28,35-43,45-49,51-53,78H,27,29-34H2,1-25H3,(H,65,80)(H,66,79)(H,67,82)(H,68,81)/b28-26+/t41-,42+,43-,45+,46+,47+,48+,49+,51+,52+,53-,64+/m1/s1. The lowest BCUT2D eigenvalue weighted by atomic mass is 9.78. The van der Waals surface area contributed by atoms with E-state index in [1.54, 1.807) is 60.6 Å². The summed E-state index contributed by atoms with van der Waals surface area (Å²) in [5.41, 5.74) is -2.38. The van der Waals surface area contributed by atoms with Gasteiger partial charge >= 0.3 is 0 Å². The fourth-order valence-electron chi connectivity index (χ4n) is 11.4. The Morgan fingerprint density at radius 3 is 1.42 bits per heavy atom. The van der Waals surface area contributed by atoms with Gasteiger partial charge in [0.25, 0.3) is 5.91 Å². The van der Waals surface area contributed by atoms with Crippen LogP contribution in [0.15, 0.2) is 12.2 Å². The Morgan fingerprint density at radius 1 is 0.545 bits per heavy atom. The maximum Gasteiger partial charge on any atom is 0.257 e. The maximum atomic E-state index is 15.7. The van der Waals surface area contributed by atoms with Crippen molar-refractivity contribution in [3.05, 3.63) is 12.2 Å². The van der Waals surface area contributed by atoms with E-state index in [0.29, 0.717) is 0 Å². The summed E-state index contributed by atoms with van der Waals surface area (Å²) in [6, 6.07) is -11.7. The van der Waals surface area contributed by atoms with E-state index in [1.807, 2.05) is 55.4 Å². The second-order valence-electron chi connectivity index (χ2n) is 26.8. The molecule has 24 nitrogen and oxygen atoms in total. The molecule has 0 aromatic rings. The van der Waals surface area contributed by atoms with Crippen LogP contribution in [0.3, 0.4) is 0 Å². The molecule has 1 saturated heterocycles. The van der Waals surface area contributed by atoms with Gasteiger partial charge in [0, 0.05) is 49.3 Å². The SMILES string of the molecule is C/C=C/C[C@@H](C)[C@@H](O)[C@H]1C(=O)N[C@@H](CC)C(=O)N(C)CC(=O)N(C)[C@@H](CC(C)C)C(=O)N[C@@H](C(C)C)C(=O)N(C)[C@@H](CC(C)C)C(=O)N[C@@H](C)C(=O)N[C@H](C)C(=O)N(C)[C@@H](CC(C)C)C(=O)N(C)[C@@H](CC(C)C)C(=O)N(C)[C@](C(C)=O)(C(C)C)C(=O)N1C. The lowest BCUT2D eigenvalue weighted by molar-refractivity contribution is -0.168. The molecule has 502 valence electrons. The highest BCUT2D eigenvalue weighted by atomic mass is 16.3. The number of rotatable bonds is 16. The number of hydrogen-bond donors (Lipinski definition) is 5. The highest BCUT2D eigenvalue weighted by Crippen LogP contribution is 2.33.